The van der Waals surface area contributed by atoms with Gasteiger partial charge in [0.15, 0.2) is 0 Å². The Balaban J connectivity index is 2.19. The average molecular weight is 221 g/mol. The van der Waals surface area contributed by atoms with Crippen LogP contribution in [-0.2, 0) is 5.60 Å². The summed E-state index contributed by atoms with van der Waals surface area (Å²) in [6, 6.07) is 6.90. The fraction of sp³-hybridized carbons (Fsp3) is 0.538. The van der Waals surface area contributed by atoms with Gasteiger partial charge in [-0.05, 0) is 44.0 Å². The molecule has 1 fully saturated rings. The maximum Gasteiger partial charge on any atom is 0.115 e. The van der Waals surface area contributed by atoms with Gasteiger partial charge in [-0.3, -0.25) is 0 Å². The van der Waals surface area contributed by atoms with Gasteiger partial charge in [-0.25, -0.2) is 0 Å². The van der Waals surface area contributed by atoms with Gasteiger partial charge in [0.25, 0.3) is 0 Å². The Hall–Kier alpha value is -1.06. The standard InChI is InChI=1S/C13H19NO2/c1-13(16,12-4-2-3-9-14-12)10-5-7-11(15)8-6-10/h5-8,12,14-16H,2-4,9H2,1H3. The lowest BCUT2D eigenvalue weighted by molar-refractivity contribution is 0.00565. The maximum absolute atomic E-state index is 10.6. The molecule has 2 rings (SSSR count). The highest BCUT2D eigenvalue weighted by Crippen LogP contribution is 2.30. The topological polar surface area (TPSA) is 52.5 Å². The highest BCUT2D eigenvalue weighted by molar-refractivity contribution is 5.30. The fourth-order valence-electron chi connectivity index (χ4n) is 2.33. The van der Waals surface area contributed by atoms with Gasteiger partial charge < -0.3 is 15.5 Å². The average Bonchev–Trinajstić information content (AvgIpc) is 2.31. The van der Waals surface area contributed by atoms with Crippen molar-refractivity contribution in [1.82, 2.24) is 5.32 Å². The second-order valence-corrected chi connectivity index (χ2v) is 4.70. The van der Waals surface area contributed by atoms with E-state index < -0.39 is 5.60 Å². The van der Waals surface area contributed by atoms with Crippen LogP contribution in [0.5, 0.6) is 5.75 Å². The zero-order valence-corrected chi connectivity index (χ0v) is 9.61. The van der Waals surface area contributed by atoms with Gasteiger partial charge in [-0.15, -0.1) is 0 Å². The number of rotatable bonds is 2. The predicted octanol–water partition coefficient (Wildman–Crippen LogP) is 1.74. The smallest absolute Gasteiger partial charge is 0.115 e. The number of phenols is 1. The largest absolute Gasteiger partial charge is 0.508 e. The quantitative estimate of drug-likeness (QED) is 0.713. The van der Waals surface area contributed by atoms with Crippen molar-refractivity contribution in [2.75, 3.05) is 6.54 Å². The predicted molar refractivity (Wildman–Crippen MR) is 63.3 cm³/mol. The molecule has 0 aromatic heterocycles. The number of hydrogen-bond donors (Lipinski definition) is 3. The first-order valence-electron chi connectivity index (χ1n) is 5.86. The second-order valence-electron chi connectivity index (χ2n) is 4.70. The zero-order valence-electron chi connectivity index (χ0n) is 9.61. The van der Waals surface area contributed by atoms with E-state index in [9.17, 15) is 10.2 Å². The van der Waals surface area contributed by atoms with Gasteiger partial charge in [0.2, 0.25) is 0 Å². The number of aliphatic hydroxyl groups is 1. The van der Waals surface area contributed by atoms with Gasteiger partial charge in [-0.1, -0.05) is 18.6 Å². The minimum atomic E-state index is -0.867. The fourth-order valence-corrected chi connectivity index (χ4v) is 2.33. The van der Waals surface area contributed by atoms with Crippen LogP contribution >= 0.6 is 0 Å². The molecular formula is C13H19NO2. The van der Waals surface area contributed by atoms with Crippen LogP contribution in [0.4, 0.5) is 0 Å². The molecule has 2 atom stereocenters. The van der Waals surface area contributed by atoms with Crippen molar-refractivity contribution in [1.29, 1.82) is 0 Å². The van der Waals surface area contributed by atoms with E-state index in [4.69, 9.17) is 0 Å². The van der Waals surface area contributed by atoms with Crippen LogP contribution < -0.4 is 5.32 Å². The summed E-state index contributed by atoms with van der Waals surface area (Å²) in [7, 11) is 0. The summed E-state index contributed by atoms with van der Waals surface area (Å²) in [6.07, 6.45) is 3.34. The molecule has 1 aromatic carbocycles. The Morgan fingerprint density at radius 3 is 2.50 bits per heavy atom. The number of hydrogen-bond acceptors (Lipinski definition) is 3. The molecule has 3 nitrogen and oxygen atoms in total. The van der Waals surface area contributed by atoms with Crippen molar-refractivity contribution in [2.24, 2.45) is 0 Å². The van der Waals surface area contributed by atoms with Crippen LogP contribution in [0.25, 0.3) is 0 Å². The number of benzene rings is 1. The van der Waals surface area contributed by atoms with Crippen LogP contribution in [0.15, 0.2) is 24.3 Å². The molecule has 2 unspecified atom stereocenters. The third-order valence-corrected chi connectivity index (χ3v) is 3.44. The molecule has 3 heteroatoms. The normalized spacial score (nSPS) is 25.0. The molecule has 88 valence electrons. The summed E-state index contributed by atoms with van der Waals surface area (Å²) in [5.41, 5.74) is -0.0154. The van der Waals surface area contributed by atoms with Crippen LogP contribution in [0.2, 0.25) is 0 Å². The summed E-state index contributed by atoms with van der Waals surface area (Å²) in [5, 5.41) is 23.2. The molecule has 0 saturated carbocycles. The van der Waals surface area contributed by atoms with Crippen molar-refractivity contribution >= 4 is 0 Å². The first-order chi connectivity index (χ1) is 7.60. The Labute approximate surface area is 96.1 Å². The molecule has 1 saturated heterocycles. The lowest BCUT2D eigenvalue weighted by atomic mass is 9.84. The van der Waals surface area contributed by atoms with Crippen LogP contribution in [0.3, 0.4) is 0 Å². The van der Waals surface area contributed by atoms with E-state index in [2.05, 4.69) is 5.32 Å². The third kappa shape index (κ3) is 2.20. The monoisotopic (exact) mass is 221 g/mol. The Kier molecular flexibility index (Phi) is 3.17. The molecule has 0 bridgehead atoms. The molecule has 1 aliphatic heterocycles. The van der Waals surface area contributed by atoms with Gasteiger partial charge in [0, 0.05) is 6.04 Å². The van der Waals surface area contributed by atoms with Gasteiger partial charge >= 0.3 is 0 Å². The molecule has 0 amide bonds. The lowest BCUT2D eigenvalue weighted by Gasteiger charge is -2.36. The second kappa shape index (κ2) is 4.44. The number of aromatic hydroxyl groups is 1. The maximum atomic E-state index is 10.6. The van der Waals surface area contributed by atoms with Crippen molar-refractivity contribution in [3.05, 3.63) is 29.8 Å². The van der Waals surface area contributed by atoms with Crippen LogP contribution in [0.1, 0.15) is 31.7 Å². The zero-order chi connectivity index (χ0) is 11.6. The molecule has 1 aliphatic rings. The Morgan fingerprint density at radius 1 is 1.25 bits per heavy atom. The number of nitrogens with one attached hydrogen (secondary N) is 1. The van der Waals surface area contributed by atoms with E-state index in [1.54, 1.807) is 24.3 Å². The van der Waals surface area contributed by atoms with E-state index in [0.29, 0.717) is 0 Å². The molecule has 16 heavy (non-hydrogen) atoms. The van der Waals surface area contributed by atoms with Crippen molar-refractivity contribution in [2.45, 2.75) is 37.8 Å². The van der Waals surface area contributed by atoms with E-state index in [1.807, 2.05) is 6.92 Å². The minimum Gasteiger partial charge on any atom is -0.508 e. The molecule has 0 radical (unpaired) electrons. The molecule has 0 aliphatic carbocycles. The molecule has 0 spiro atoms. The van der Waals surface area contributed by atoms with Crippen molar-refractivity contribution in [3.8, 4) is 5.75 Å². The molecule has 3 N–H and O–H groups in total. The van der Waals surface area contributed by atoms with Crippen LogP contribution in [-0.4, -0.2) is 22.8 Å². The Morgan fingerprint density at radius 2 is 1.94 bits per heavy atom. The first kappa shape index (κ1) is 11.4. The van der Waals surface area contributed by atoms with Gasteiger partial charge in [0.1, 0.15) is 11.4 Å². The first-order valence-corrected chi connectivity index (χ1v) is 5.86. The highest BCUT2D eigenvalue weighted by atomic mass is 16.3. The van der Waals surface area contributed by atoms with E-state index in [-0.39, 0.29) is 11.8 Å². The number of piperidine rings is 1. The minimum absolute atomic E-state index is 0.103. The summed E-state index contributed by atoms with van der Waals surface area (Å²) < 4.78 is 0. The van der Waals surface area contributed by atoms with Crippen molar-refractivity contribution < 1.29 is 10.2 Å². The van der Waals surface area contributed by atoms with E-state index in [0.717, 1.165) is 24.9 Å². The summed E-state index contributed by atoms with van der Waals surface area (Å²) >= 11 is 0. The van der Waals surface area contributed by atoms with Gasteiger partial charge in [-0.2, -0.15) is 0 Å². The van der Waals surface area contributed by atoms with E-state index in [1.165, 1.54) is 6.42 Å². The molecule has 1 aromatic rings. The third-order valence-electron chi connectivity index (χ3n) is 3.44. The van der Waals surface area contributed by atoms with Crippen LogP contribution in [0, 0.1) is 0 Å². The lowest BCUT2D eigenvalue weighted by Crippen LogP contribution is -2.49. The van der Waals surface area contributed by atoms with E-state index >= 15 is 0 Å². The van der Waals surface area contributed by atoms with Gasteiger partial charge in [0.05, 0.1) is 0 Å². The SMILES string of the molecule is CC(O)(c1ccc(O)cc1)C1CCCCN1. The summed E-state index contributed by atoms with van der Waals surface area (Å²) in [6.45, 7) is 2.81. The highest BCUT2D eigenvalue weighted by Gasteiger charge is 2.34. The number of phenolic OH excluding ortho intramolecular Hbond substituents is 1. The summed E-state index contributed by atoms with van der Waals surface area (Å²) in [4.78, 5) is 0. The summed E-state index contributed by atoms with van der Waals surface area (Å²) in [5.74, 6) is 0.233. The van der Waals surface area contributed by atoms with Crippen molar-refractivity contribution in [3.63, 3.8) is 0 Å². The molecular weight excluding hydrogens is 202 g/mol. The Bertz CT molecular complexity index is 339. The molecule has 1 heterocycles.